The number of esters is 1. The van der Waals surface area contributed by atoms with E-state index < -0.39 is 29.5 Å². The summed E-state index contributed by atoms with van der Waals surface area (Å²) < 4.78 is 28.2. The van der Waals surface area contributed by atoms with Crippen molar-refractivity contribution in [2.75, 3.05) is 7.11 Å². The van der Waals surface area contributed by atoms with E-state index in [1.165, 1.54) is 0 Å². The van der Waals surface area contributed by atoms with Gasteiger partial charge in [0.05, 0.1) is 18.5 Å². The molecule has 0 radical (unpaired) electrons. The Hall–Kier alpha value is -1.19. The van der Waals surface area contributed by atoms with E-state index in [-0.39, 0.29) is 0 Å². The van der Waals surface area contributed by atoms with Gasteiger partial charge in [-0.3, -0.25) is 4.18 Å². The number of nitrogens with two attached hydrogens (primary N) is 2. The summed E-state index contributed by atoms with van der Waals surface area (Å²) in [7, 11) is 1.04. The van der Waals surface area contributed by atoms with Gasteiger partial charge in [0.2, 0.25) is 0 Å². The van der Waals surface area contributed by atoms with Crippen molar-refractivity contribution < 1.29 is 22.5 Å². The molecule has 0 saturated heterocycles. The van der Waals surface area contributed by atoms with Crippen LogP contribution in [0.5, 0.6) is 0 Å². The molecule has 0 bridgehead atoms. The Morgan fingerprint density at radius 2 is 2.15 bits per heavy atom. The highest BCUT2D eigenvalue weighted by molar-refractivity contribution is 7.74. The van der Waals surface area contributed by atoms with Crippen molar-refractivity contribution in [2.45, 2.75) is 6.23 Å². The largest absolute Gasteiger partial charge is 0.750 e. The van der Waals surface area contributed by atoms with Crippen LogP contribution in [-0.4, -0.2) is 34.0 Å². The molecule has 0 spiro atoms. The number of aliphatic imine (C=N–C) groups is 1. The molecule has 0 aromatic heterocycles. The van der Waals surface area contributed by atoms with Gasteiger partial charge < -0.3 is 20.8 Å². The van der Waals surface area contributed by atoms with Gasteiger partial charge in [0, 0.05) is 0 Å². The molecule has 0 saturated carbocycles. The van der Waals surface area contributed by atoms with Crippen molar-refractivity contribution in [3.8, 4) is 0 Å². The molecule has 9 heteroatoms. The zero-order valence-electron chi connectivity index (χ0n) is 6.63. The van der Waals surface area contributed by atoms with Gasteiger partial charge in [-0.2, -0.15) is 0 Å². The predicted molar refractivity (Wildman–Crippen MR) is 41.6 cm³/mol. The van der Waals surface area contributed by atoms with Gasteiger partial charge in [-0.25, -0.2) is 14.0 Å². The van der Waals surface area contributed by atoms with Crippen LogP contribution in [0.3, 0.4) is 0 Å². The van der Waals surface area contributed by atoms with E-state index in [2.05, 4.69) is 13.9 Å². The second-order valence-electron chi connectivity index (χ2n) is 1.73. The number of hydrogen-bond acceptors (Lipinski definition) is 6. The average molecular weight is 210 g/mol. The molecule has 0 aromatic rings. The average Bonchev–Trinajstić information content (AvgIpc) is 2.00. The standard InChI is InChI=1S/C4H9N3O5S/c1-11-3(8)2(7-4(5)6)12-13(9)10/h2H,1H3,(H,9,10)(H4,5,6,7)/p-1. The fraction of sp³-hybridized carbons (Fsp3) is 0.500. The fourth-order valence-electron chi connectivity index (χ4n) is 0.424. The van der Waals surface area contributed by atoms with Crippen molar-refractivity contribution >= 4 is 23.3 Å². The van der Waals surface area contributed by atoms with Gasteiger partial charge in [-0.05, 0) is 0 Å². The smallest absolute Gasteiger partial charge is 0.359 e. The minimum absolute atomic E-state index is 0.485. The topological polar surface area (TPSA) is 140 Å². The molecule has 0 aromatic carbocycles. The molecule has 76 valence electrons. The SMILES string of the molecule is COC(=O)C(N=C(N)N)OS(=O)[O-]. The Morgan fingerprint density at radius 3 is 2.46 bits per heavy atom. The van der Waals surface area contributed by atoms with Gasteiger partial charge in [0.15, 0.2) is 5.96 Å². The predicted octanol–water partition coefficient (Wildman–Crippen LogP) is -2.43. The summed E-state index contributed by atoms with van der Waals surface area (Å²) in [5.41, 5.74) is 9.80. The number of methoxy groups -OCH3 is 1. The molecule has 0 fully saturated rings. The monoisotopic (exact) mass is 210 g/mol. The maximum Gasteiger partial charge on any atom is 0.359 e. The third-order valence-electron chi connectivity index (χ3n) is 0.839. The Bertz CT molecular complexity index is 238. The number of ether oxygens (including phenoxy) is 1. The quantitative estimate of drug-likeness (QED) is 0.227. The van der Waals surface area contributed by atoms with Crippen molar-refractivity contribution in [2.24, 2.45) is 16.5 Å². The first-order valence-electron chi connectivity index (χ1n) is 2.90. The third-order valence-corrected chi connectivity index (χ3v) is 1.18. The van der Waals surface area contributed by atoms with Gasteiger partial charge in [-0.1, -0.05) is 0 Å². The van der Waals surface area contributed by atoms with E-state index >= 15 is 0 Å². The van der Waals surface area contributed by atoms with E-state index in [4.69, 9.17) is 11.5 Å². The van der Waals surface area contributed by atoms with Crippen molar-refractivity contribution in [3.63, 3.8) is 0 Å². The van der Waals surface area contributed by atoms with Crippen LogP contribution in [0.25, 0.3) is 0 Å². The van der Waals surface area contributed by atoms with Crippen LogP contribution >= 0.6 is 0 Å². The first-order chi connectivity index (χ1) is 5.97. The molecule has 0 rings (SSSR count). The molecular weight excluding hydrogens is 202 g/mol. The summed E-state index contributed by atoms with van der Waals surface area (Å²) in [4.78, 5) is 13.9. The van der Waals surface area contributed by atoms with Crippen LogP contribution in [0.15, 0.2) is 4.99 Å². The highest BCUT2D eigenvalue weighted by Gasteiger charge is 2.19. The lowest BCUT2D eigenvalue weighted by Gasteiger charge is -2.12. The van der Waals surface area contributed by atoms with E-state index in [9.17, 15) is 13.6 Å². The number of guanidine groups is 1. The van der Waals surface area contributed by atoms with Crippen molar-refractivity contribution in [1.29, 1.82) is 0 Å². The number of carbonyl (C=O) groups is 1. The van der Waals surface area contributed by atoms with Crippen LogP contribution in [0.4, 0.5) is 0 Å². The minimum Gasteiger partial charge on any atom is -0.750 e. The Morgan fingerprint density at radius 1 is 1.62 bits per heavy atom. The second-order valence-corrected chi connectivity index (χ2v) is 2.33. The maximum atomic E-state index is 10.7. The Kier molecular flexibility index (Phi) is 4.96. The van der Waals surface area contributed by atoms with Crippen LogP contribution in [0.1, 0.15) is 0 Å². The summed E-state index contributed by atoms with van der Waals surface area (Å²) >= 11 is -2.90. The Labute approximate surface area is 76.4 Å². The molecule has 8 nitrogen and oxygen atoms in total. The molecule has 4 N–H and O–H groups in total. The highest BCUT2D eigenvalue weighted by atomic mass is 32.2. The molecule has 0 heterocycles. The third kappa shape index (κ3) is 5.11. The lowest BCUT2D eigenvalue weighted by molar-refractivity contribution is -0.148. The van der Waals surface area contributed by atoms with Crippen LogP contribution in [0, 0.1) is 0 Å². The van der Waals surface area contributed by atoms with E-state index in [1.807, 2.05) is 0 Å². The zero-order valence-corrected chi connectivity index (χ0v) is 7.45. The van der Waals surface area contributed by atoms with Crippen molar-refractivity contribution in [3.05, 3.63) is 0 Å². The van der Waals surface area contributed by atoms with Crippen molar-refractivity contribution in [1.82, 2.24) is 0 Å². The van der Waals surface area contributed by atoms with Gasteiger partial charge in [-0.15, -0.1) is 0 Å². The summed E-state index contributed by atoms with van der Waals surface area (Å²) in [5.74, 6) is -1.50. The van der Waals surface area contributed by atoms with Crippen LogP contribution in [-0.2, 0) is 25.1 Å². The second kappa shape index (κ2) is 5.45. The molecule has 0 aliphatic carbocycles. The molecule has 0 amide bonds. The van der Waals surface area contributed by atoms with Gasteiger partial charge >= 0.3 is 5.97 Å². The molecular formula is C4H8N3O5S-. The lowest BCUT2D eigenvalue weighted by Crippen LogP contribution is -2.31. The summed E-state index contributed by atoms with van der Waals surface area (Å²) in [6.07, 6.45) is -1.69. The van der Waals surface area contributed by atoms with Gasteiger partial charge in [0.1, 0.15) is 0 Å². The number of nitrogens with zero attached hydrogens (tertiary/aromatic N) is 1. The van der Waals surface area contributed by atoms with Gasteiger partial charge in [0.25, 0.3) is 6.23 Å². The maximum absolute atomic E-state index is 10.7. The Balaban J connectivity index is 4.46. The minimum atomic E-state index is -2.90. The summed E-state index contributed by atoms with van der Waals surface area (Å²) in [5, 5.41) is 0. The number of carbonyl (C=O) groups excluding carboxylic acids is 1. The van der Waals surface area contributed by atoms with Crippen LogP contribution < -0.4 is 11.5 Å². The van der Waals surface area contributed by atoms with E-state index in [0.29, 0.717) is 0 Å². The molecule has 2 unspecified atom stereocenters. The van der Waals surface area contributed by atoms with Crippen LogP contribution in [0.2, 0.25) is 0 Å². The normalized spacial score (nSPS) is 14.3. The van der Waals surface area contributed by atoms with E-state index in [0.717, 1.165) is 7.11 Å². The first-order valence-corrected chi connectivity index (χ1v) is 3.90. The first kappa shape index (κ1) is 11.8. The number of rotatable bonds is 4. The molecule has 2 atom stereocenters. The molecule has 0 aliphatic heterocycles. The number of hydrogen-bond donors (Lipinski definition) is 2. The molecule has 13 heavy (non-hydrogen) atoms. The molecule has 0 aliphatic rings. The highest BCUT2D eigenvalue weighted by Crippen LogP contribution is 1.98. The summed E-state index contributed by atoms with van der Waals surface area (Å²) in [6.45, 7) is 0. The summed E-state index contributed by atoms with van der Waals surface area (Å²) in [6, 6.07) is 0. The fourth-order valence-corrected chi connectivity index (χ4v) is 0.695. The van der Waals surface area contributed by atoms with E-state index in [1.54, 1.807) is 0 Å². The zero-order chi connectivity index (χ0) is 10.4. The lowest BCUT2D eigenvalue weighted by atomic mass is 10.6.